The second kappa shape index (κ2) is 19.6. The number of hydrogen-bond donors (Lipinski definition) is 4. The van der Waals surface area contributed by atoms with Crippen LogP contribution in [-0.2, 0) is 23.5 Å². The summed E-state index contributed by atoms with van der Waals surface area (Å²) in [4.78, 5) is 33.1. The molecule has 9 nitrogen and oxygen atoms in total. The number of rotatable bonds is 20. The molecule has 0 aromatic heterocycles. The van der Waals surface area contributed by atoms with Crippen molar-refractivity contribution in [3.05, 3.63) is 24.3 Å². The highest BCUT2D eigenvalue weighted by Crippen LogP contribution is 2.35. The molecular formula is C21H39O9P. The van der Waals surface area contributed by atoms with Crippen LogP contribution in [0.1, 0.15) is 77.6 Å². The van der Waals surface area contributed by atoms with Gasteiger partial charge in [0, 0.05) is 6.42 Å². The standard InChI is InChI=1S/C21H39O9P/c1-2-3-4-5-6-8-11-14-20(30-24)15-12-9-7-10-13-16-21(23)28-17-19(22)18-29-31(25,26)27/h6,8,11,14,19-20,22,24H,2-5,7,9-10,12-13,15-18H2,1H3,(H2,25,26,27)/b8-6-,14-11+. The predicted molar refractivity (Wildman–Crippen MR) is 117 cm³/mol. The van der Waals surface area contributed by atoms with Crippen molar-refractivity contribution in [1.82, 2.24) is 0 Å². The molecule has 0 heterocycles. The van der Waals surface area contributed by atoms with Crippen molar-refractivity contribution in [2.45, 2.75) is 89.8 Å². The molecule has 0 saturated heterocycles. The van der Waals surface area contributed by atoms with E-state index in [1.807, 2.05) is 18.2 Å². The van der Waals surface area contributed by atoms with Crippen LogP contribution >= 0.6 is 7.82 Å². The van der Waals surface area contributed by atoms with Crippen LogP contribution in [0.15, 0.2) is 24.3 Å². The molecule has 0 fully saturated rings. The molecular weight excluding hydrogens is 427 g/mol. The number of phosphoric acid groups is 1. The summed E-state index contributed by atoms with van der Waals surface area (Å²) in [5.74, 6) is -0.475. The topological polar surface area (TPSA) is 143 Å². The first kappa shape index (κ1) is 29.9. The van der Waals surface area contributed by atoms with Gasteiger partial charge in [-0.25, -0.2) is 9.45 Å². The van der Waals surface area contributed by atoms with E-state index in [4.69, 9.17) is 19.8 Å². The summed E-state index contributed by atoms with van der Waals surface area (Å²) in [5.41, 5.74) is 0. The summed E-state index contributed by atoms with van der Waals surface area (Å²) in [6.07, 6.45) is 16.1. The summed E-state index contributed by atoms with van der Waals surface area (Å²) < 4.78 is 19.5. The van der Waals surface area contributed by atoms with Crippen LogP contribution in [0.4, 0.5) is 0 Å². The SMILES string of the molecule is CCCCC/C=C\C=C\C(CCCCCCCC(=O)OCC(O)COP(=O)(O)O)OO. The van der Waals surface area contributed by atoms with Crippen molar-refractivity contribution in [2.24, 2.45) is 0 Å². The van der Waals surface area contributed by atoms with Gasteiger partial charge in [0.15, 0.2) is 0 Å². The number of allylic oxidation sites excluding steroid dienone is 3. The van der Waals surface area contributed by atoms with E-state index < -0.39 is 26.5 Å². The quantitative estimate of drug-likeness (QED) is 0.0516. The molecule has 10 heteroatoms. The Balaban J connectivity index is 3.69. The maximum Gasteiger partial charge on any atom is 0.469 e. The average molecular weight is 467 g/mol. The van der Waals surface area contributed by atoms with Gasteiger partial charge >= 0.3 is 13.8 Å². The molecule has 0 bridgehead atoms. The third kappa shape index (κ3) is 21.9. The molecule has 2 unspecified atom stereocenters. The summed E-state index contributed by atoms with van der Waals surface area (Å²) >= 11 is 0. The van der Waals surface area contributed by atoms with Crippen molar-refractivity contribution < 1.29 is 43.7 Å². The Morgan fingerprint density at radius 2 is 1.71 bits per heavy atom. The second-order valence-corrected chi connectivity index (χ2v) is 8.62. The van der Waals surface area contributed by atoms with Crippen LogP contribution in [0, 0.1) is 0 Å². The second-order valence-electron chi connectivity index (χ2n) is 7.38. The fraction of sp³-hybridized carbons (Fsp3) is 0.762. The number of hydrogen-bond acceptors (Lipinski definition) is 7. The van der Waals surface area contributed by atoms with Crippen molar-refractivity contribution in [3.8, 4) is 0 Å². The van der Waals surface area contributed by atoms with Crippen LogP contribution in [0.5, 0.6) is 0 Å². The number of unbranched alkanes of at least 4 members (excludes halogenated alkanes) is 7. The third-order valence-electron chi connectivity index (χ3n) is 4.42. The van der Waals surface area contributed by atoms with E-state index >= 15 is 0 Å². The van der Waals surface area contributed by atoms with Gasteiger partial charge in [0.05, 0.1) is 6.61 Å². The van der Waals surface area contributed by atoms with Crippen molar-refractivity contribution >= 4 is 13.8 Å². The number of esters is 1. The van der Waals surface area contributed by atoms with E-state index in [2.05, 4.69) is 22.4 Å². The molecule has 0 aromatic rings. The van der Waals surface area contributed by atoms with Crippen molar-refractivity contribution in [2.75, 3.05) is 13.2 Å². The molecule has 0 aliphatic carbocycles. The van der Waals surface area contributed by atoms with E-state index in [0.717, 1.165) is 32.1 Å². The van der Waals surface area contributed by atoms with Gasteiger partial charge in [0.25, 0.3) is 0 Å². The molecule has 0 aromatic carbocycles. The fourth-order valence-electron chi connectivity index (χ4n) is 2.70. The highest BCUT2D eigenvalue weighted by molar-refractivity contribution is 7.46. The zero-order valence-electron chi connectivity index (χ0n) is 18.4. The maximum atomic E-state index is 11.6. The van der Waals surface area contributed by atoms with E-state index in [1.165, 1.54) is 19.3 Å². The molecule has 4 N–H and O–H groups in total. The Morgan fingerprint density at radius 1 is 1.00 bits per heavy atom. The number of carbonyl (C=O) groups excluding carboxylic acids is 1. The molecule has 31 heavy (non-hydrogen) atoms. The highest BCUT2D eigenvalue weighted by atomic mass is 31.2. The Bertz CT molecular complexity index is 545. The normalized spacial score (nSPS) is 14.4. The number of carbonyl (C=O) groups is 1. The molecule has 0 spiro atoms. The van der Waals surface area contributed by atoms with E-state index in [1.54, 1.807) is 0 Å². The summed E-state index contributed by atoms with van der Waals surface area (Å²) in [5, 5.41) is 18.4. The summed E-state index contributed by atoms with van der Waals surface area (Å²) in [7, 11) is -4.65. The largest absolute Gasteiger partial charge is 0.469 e. The Hall–Kier alpha value is -1.06. The van der Waals surface area contributed by atoms with Gasteiger partial charge in [-0.2, -0.15) is 0 Å². The zero-order chi connectivity index (χ0) is 23.4. The van der Waals surface area contributed by atoms with Gasteiger partial charge < -0.3 is 19.6 Å². The molecule has 182 valence electrons. The Kier molecular flexibility index (Phi) is 18.9. The third-order valence-corrected chi connectivity index (χ3v) is 4.91. The Morgan fingerprint density at radius 3 is 2.39 bits per heavy atom. The number of ether oxygens (including phenoxy) is 1. The first-order chi connectivity index (χ1) is 14.8. The molecule has 2 atom stereocenters. The molecule has 0 radical (unpaired) electrons. The lowest BCUT2D eigenvalue weighted by Gasteiger charge is -2.12. The predicted octanol–water partition coefficient (Wildman–Crippen LogP) is 4.28. The first-order valence-electron chi connectivity index (χ1n) is 11.0. The van der Waals surface area contributed by atoms with E-state index in [-0.39, 0.29) is 19.1 Å². The van der Waals surface area contributed by atoms with Gasteiger partial charge in [-0.15, -0.1) is 0 Å². The number of aliphatic hydroxyl groups is 1. The number of phosphoric ester groups is 1. The summed E-state index contributed by atoms with van der Waals surface area (Å²) in [6.45, 7) is 1.19. The lowest BCUT2D eigenvalue weighted by Crippen LogP contribution is -2.23. The van der Waals surface area contributed by atoms with Crippen LogP contribution in [-0.4, -0.2) is 51.5 Å². The van der Waals surface area contributed by atoms with Gasteiger partial charge in [-0.3, -0.25) is 14.6 Å². The molecule has 0 aliphatic heterocycles. The minimum Gasteiger partial charge on any atom is -0.463 e. The van der Waals surface area contributed by atoms with E-state index in [9.17, 15) is 14.5 Å². The van der Waals surface area contributed by atoms with Gasteiger partial charge in [0.1, 0.15) is 18.8 Å². The smallest absolute Gasteiger partial charge is 0.463 e. The van der Waals surface area contributed by atoms with Gasteiger partial charge in [-0.05, 0) is 25.7 Å². The Labute approximate surface area is 185 Å². The molecule has 0 aliphatic rings. The van der Waals surface area contributed by atoms with Crippen LogP contribution in [0.3, 0.4) is 0 Å². The lowest BCUT2D eigenvalue weighted by molar-refractivity contribution is -0.267. The lowest BCUT2D eigenvalue weighted by atomic mass is 10.1. The summed E-state index contributed by atoms with van der Waals surface area (Å²) in [6, 6.07) is 0. The van der Waals surface area contributed by atoms with Crippen LogP contribution in [0.25, 0.3) is 0 Å². The average Bonchev–Trinajstić information content (AvgIpc) is 2.72. The van der Waals surface area contributed by atoms with Gasteiger partial charge in [0.2, 0.25) is 0 Å². The monoisotopic (exact) mass is 466 g/mol. The minimum atomic E-state index is -4.65. The minimum absolute atomic E-state index is 0.210. The fourth-order valence-corrected chi connectivity index (χ4v) is 3.06. The van der Waals surface area contributed by atoms with Gasteiger partial charge in [-0.1, -0.05) is 69.8 Å². The maximum absolute atomic E-state index is 11.6. The molecule has 0 amide bonds. The molecule has 0 saturated carbocycles. The van der Waals surface area contributed by atoms with E-state index in [0.29, 0.717) is 12.8 Å². The van der Waals surface area contributed by atoms with Crippen LogP contribution in [0.2, 0.25) is 0 Å². The van der Waals surface area contributed by atoms with Crippen molar-refractivity contribution in [1.29, 1.82) is 0 Å². The highest BCUT2D eigenvalue weighted by Gasteiger charge is 2.17. The number of aliphatic hydroxyl groups excluding tert-OH is 1. The first-order valence-corrected chi connectivity index (χ1v) is 12.5. The van der Waals surface area contributed by atoms with Crippen LogP contribution < -0.4 is 0 Å². The zero-order valence-corrected chi connectivity index (χ0v) is 19.3. The molecule has 0 rings (SSSR count). The van der Waals surface area contributed by atoms with Crippen molar-refractivity contribution in [3.63, 3.8) is 0 Å².